The molecule has 7 aromatic carbocycles. The van der Waals surface area contributed by atoms with Crippen LogP contribution in [0.3, 0.4) is 0 Å². The molecule has 0 N–H and O–H groups in total. The number of thiophene rings is 1. The summed E-state index contributed by atoms with van der Waals surface area (Å²) >= 11 is 5.44. The number of rotatable bonds is 3. The lowest BCUT2D eigenvalue weighted by Crippen LogP contribution is -1.92. The van der Waals surface area contributed by atoms with Crippen LogP contribution in [-0.2, 0) is 0 Å². The molecule has 0 saturated carbocycles. The predicted octanol–water partition coefficient (Wildman–Crippen LogP) is 12.1. The molecular formula is C38H23BrS. The Kier molecular flexibility index (Phi) is 5.58. The van der Waals surface area contributed by atoms with E-state index < -0.39 is 0 Å². The minimum absolute atomic E-state index is 1.15. The van der Waals surface area contributed by atoms with Gasteiger partial charge in [-0.25, -0.2) is 0 Å². The van der Waals surface area contributed by atoms with Gasteiger partial charge in [0.15, 0.2) is 0 Å². The van der Waals surface area contributed by atoms with Crippen LogP contribution in [-0.4, -0.2) is 0 Å². The number of halogens is 1. The van der Waals surface area contributed by atoms with Gasteiger partial charge in [-0.05, 0) is 117 Å². The Hall–Kier alpha value is -4.24. The minimum Gasteiger partial charge on any atom is -0.128 e. The molecule has 0 saturated heterocycles. The van der Waals surface area contributed by atoms with Crippen molar-refractivity contribution in [3.8, 4) is 32.7 Å². The first-order valence-corrected chi connectivity index (χ1v) is 15.1. The zero-order chi connectivity index (χ0) is 26.6. The molecule has 0 amide bonds. The fraction of sp³-hybridized carbons (Fsp3) is 0. The van der Waals surface area contributed by atoms with Crippen LogP contribution in [0.2, 0.25) is 0 Å². The Labute approximate surface area is 245 Å². The van der Waals surface area contributed by atoms with E-state index in [1.54, 1.807) is 11.3 Å². The first-order valence-electron chi connectivity index (χ1n) is 13.5. The Morgan fingerprint density at radius 2 is 0.875 bits per heavy atom. The van der Waals surface area contributed by atoms with Crippen LogP contribution in [0.1, 0.15) is 0 Å². The van der Waals surface area contributed by atoms with Crippen molar-refractivity contribution in [1.29, 1.82) is 0 Å². The third kappa shape index (κ3) is 3.87. The molecule has 0 bridgehead atoms. The van der Waals surface area contributed by atoms with E-state index in [1.165, 1.54) is 75.8 Å². The maximum atomic E-state index is 3.67. The lowest BCUT2D eigenvalue weighted by atomic mass is 9.84. The number of fused-ring (bicyclic) bond motifs is 4. The fourth-order valence-corrected chi connectivity index (χ4v) is 7.50. The van der Waals surface area contributed by atoms with E-state index >= 15 is 0 Å². The second-order valence-electron chi connectivity index (χ2n) is 10.3. The topological polar surface area (TPSA) is 0 Å². The largest absolute Gasteiger partial charge is 0.128 e. The van der Waals surface area contributed by atoms with Crippen molar-refractivity contribution in [2.45, 2.75) is 0 Å². The smallest absolute Gasteiger partial charge is 0.0705 e. The van der Waals surface area contributed by atoms with Gasteiger partial charge in [0.05, 0.1) is 3.79 Å². The molecule has 40 heavy (non-hydrogen) atoms. The summed E-state index contributed by atoms with van der Waals surface area (Å²) in [7, 11) is 0. The van der Waals surface area contributed by atoms with Gasteiger partial charge in [0.25, 0.3) is 0 Å². The fourth-order valence-electron chi connectivity index (χ4n) is 6.11. The summed E-state index contributed by atoms with van der Waals surface area (Å²) in [4.78, 5) is 1.26. The van der Waals surface area contributed by atoms with Crippen LogP contribution in [0.4, 0.5) is 0 Å². The Morgan fingerprint density at radius 3 is 1.45 bits per heavy atom. The second-order valence-corrected chi connectivity index (χ2v) is 12.7. The molecule has 0 radical (unpaired) electrons. The Bertz CT molecular complexity index is 2240. The molecule has 0 nitrogen and oxygen atoms in total. The number of hydrogen-bond acceptors (Lipinski definition) is 1. The standard InChI is InChI=1S/C38H23BrS/c39-36-20-19-35(40-36)28-17-18-33-34(23-28)38(30-16-14-25-8-2-4-10-27(25)22-30)32-12-6-5-11-31(32)37(33)29-15-13-24-7-1-3-9-26(24)21-29/h1-23H. The van der Waals surface area contributed by atoms with Gasteiger partial charge in [0.2, 0.25) is 0 Å². The summed E-state index contributed by atoms with van der Waals surface area (Å²) in [6.07, 6.45) is 0. The van der Waals surface area contributed by atoms with Crippen LogP contribution in [0, 0.1) is 0 Å². The number of hydrogen-bond donors (Lipinski definition) is 0. The van der Waals surface area contributed by atoms with Crippen molar-refractivity contribution < 1.29 is 0 Å². The molecule has 0 fully saturated rings. The summed E-state index contributed by atoms with van der Waals surface area (Å²) in [5, 5.41) is 10.1. The maximum Gasteiger partial charge on any atom is 0.0705 e. The quantitative estimate of drug-likeness (QED) is 0.179. The third-order valence-electron chi connectivity index (χ3n) is 7.96. The summed E-state index contributed by atoms with van der Waals surface area (Å²) in [5.74, 6) is 0. The molecule has 0 unspecified atom stereocenters. The summed E-state index contributed by atoms with van der Waals surface area (Å²) < 4.78 is 1.15. The van der Waals surface area contributed by atoms with Gasteiger partial charge in [-0.3, -0.25) is 0 Å². The highest BCUT2D eigenvalue weighted by atomic mass is 79.9. The van der Waals surface area contributed by atoms with Crippen molar-refractivity contribution in [2.24, 2.45) is 0 Å². The monoisotopic (exact) mass is 590 g/mol. The molecule has 0 spiro atoms. The second kappa shape index (κ2) is 9.45. The Balaban J connectivity index is 1.51. The van der Waals surface area contributed by atoms with Crippen molar-refractivity contribution in [2.75, 3.05) is 0 Å². The lowest BCUT2D eigenvalue weighted by Gasteiger charge is -2.19. The van der Waals surface area contributed by atoms with E-state index in [0.29, 0.717) is 0 Å². The predicted molar refractivity (Wildman–Crippen MR) is 178 cm³/mol. The first-order chi connectivity index (χ1) is 19.7. The van der Waals surface area contributed by atoms with E-state index in [0.717, 1.165) is 3.79 Å². The van der Waals surface area contributed by atoms with Gasteiger partial charge < -0.3 is 0 Å². The third-order valence-corrected chi connectivity index (χ3v) is 9.63. The van der Waals surface area contributed by atoms with E-state index in [1.807, 2.05) is 0 Å². The van der Waals surface area contributed by atoms with Crippen molar-refractivity contribution in [3.05, 3.63) is 143 Å². The van der Waals surface area contributed by atoms with Crippen molar-refractivity contribution in [3.63, 3.8) is 0 Å². The highest BCUT2D eigenvalue weighted by molar-refractivity contribution is 9.11. The zero-order valence-corrected chi connectivity index (χ0v) is 24.0. The van der Waals surface area contributed by atoms with Crippen LogP contribution in [0.5, 0.6) is 0 Å². The van der Waals surface area contributed by atoms with Gasteiger partial charge >= 0.3 is 0 Å². The first kappa shape index (κ1) is 23.6. The van der Waals surface area contributed by atoms with Crippen molar-refractivity contribution >= 4 is 70.4 Å². The van der Waals surface area contributed by atoms with Gasteiger partial charge in [0, 0.05) is 4.88 Å². The highest BCUT2D eigenvalue weighted by Crippen LogP contribution is 2.46. The molecule has 0 atom stereocenters. The normalized spacial score (nSPS) is 11.6. The summed E-state index contributed by atoms with van der Waals surface area (Å²) in [6, 6.07) is 51.3. The van der Waals surface area contributed by atoms with E-state index in [4.69, 9.17) is 0 Å². The summed E-state index contributed by atoms with van der Waals surface area (Å²) in [5.41, 5.74) is 6.31. The van der Waals surface area contributed by atoms with Gasteiger partial charge in [-0.15, -0.1) is 11.3 Å². The van der Waals surface area contributed by atoms with E-state index in [2.05, 4.69) is 155 Å². The molecule has 8 rings (SSSR count). The van der Waals surface area contributed by atoms with E-state index in [-0.39, 0.29) is 0 Å². The van der Waals surface area contributed by atoms with Crippen LogP contribution in [0.25, 0.3) is 75.8 Å². The van der Waals surface area contributed by atoms with Crippen molar-refractivity contribution in [1.82, 2.24) is 0 Å². The zero-order valence-electron chi connectivity index (χ0n) is 21.6. The molecule has 0 aliphatic carbocycles. The molecule has 1 heterocycles. The SMILES string of the molecule is Brc1ccc(-c2ccc3c(-c4ccc5ccccc5c4)c4ccccc4c(-c4ccc5ccccc5c4)c3c2)s1. The van der Waals surface area contributed by atoms with Crippen LogP contribution >= 0.6 is 27.3 Å². The maximum absolute atomic E-state index is 3.67. The molecule has 8 aromatic rings. The molecule has 2 heteroatoms. The van der Waals surface area contributed by atoms with Crippen LogP contribution < -0.4 is 0 Å². The van der Waals surface area contributed by atoms with Gasteiger partial charge in [-0.1, -0.05) is 109 Å². The molecule has 0 aliphatic rings. The minimum atomic E-state index is 1.15. The average Bonchev–Trinajstić information content (AvgIpc) is 3.45. The lowest BCUT2D eigenvalue weighted by molar-refractivity contribution is 1.68. The van der Waals surface area contributed by atoms with E-state index in [9.17, 15) is 0 Å². The van der Waals surface area contributed by atoms with Gasteiger partial charge in [0.1, 0.15) is 0 Å². The molecular weight excluding hydrogens is 568 g/mol. The highest BCUT2D eigenvalue weighted by Gasteiger charge is 2.18. The molecule has 188 valence electrons. The summed E-state index contributed by atoms with van der Waals surface area (Å²) in [6.45, 7) is 0. The average molecular weight is 592 g/mol. The number of benzene rings is 7. The molecule has 1 aromatic heterocycles. The van der Waals surface area contributed by atoms with Gasteiger partial charge in [-0.2, -0.15) is 0 Å². The Morgan fingerprint density at radius 1 is 0.375 bits per heavy atom. The molecule has 0 aliphatic heterocycles. The van der Waals surface area contributed by atoms with Crippen LogP contribution in [0.15, 0.2) is 143 Å².